The Morgan fingerprint density at radius 2 is 1.85 bits per heavy atom. The first-order valence-electron chi connectivity index (χ1n) is 8.38. The lowest BCUT2D eigenvalue weighted by molar-refractivity contribution is 0.0691. The summed E-state index contributed by atoms with van der Waals surface area (Å²) in [6.07, 6.45) is 5.49. The van der Waals surface area contributed by atoms with Gasteiger partial charge in [-0.15, -0.1) is 24.8 Å². The van der Waals surface area contributed by atoms with E-state index in [1.165, 1.54) is 0 Å². The number of carbonyl (C=O) groups is 1. The Hall–Kier alpha value is -1.82. The van der Waals surface area contributed by atoms with E-state index in [0.717, 1.165) is 32.5 Å². The van der Waals surface area contributed by atoms with Gasteiger partial charge in [-0.1, -0.05) is 0 Å². The summed E-state index contributed by atoms with van der Waals surface area (Å²) >= 11 is 0. The molecule has 26 heavy (non-hydrogen) atoms. The van der Waals surface area contributed by atoms with E-state index in [4.69, 9.17) is 4.74 Å². The average Bonchev–Trinajstić information content (AvgIpc) is 2.64. The van der Waals surface area contributed by atoms with Crippen LogP contribution in [0.15, 0.2) is 48.8 Å². The minimum absolute atomic E-state index is 0. The number of benzene rings is 1. The van der Waals surface area contributed by atoms with Crippen molar-refractivity contribution >= 4 is 30.7 Å². The van der Waals surface area contributed by atoms with E-state index in [1.807, 2.05) is 48.3 Å². The molecule has 5 nitrogen and oxygen atoms in total. The van der Waals surface area contributed by atoms with E-state index in [1.54, 1.807) is 12.4 Å². The van der Waals surface area contributed by atoms with Gasteiger partial charge in [0.1, 0.15) is 11.5 Å². The molecule has 1 aromatic heterocycles. The molecule has 2 aromatic rings. The maximum absolute atomic E-state index is 12.6. The molecule has 3 rings (SSSR count). The van der Waals surface area contributed by atoms with Crippen molar-refractivity contribution in [3.63, 3.8) is 0 Å². The number of hydrogen-bond acceptors (Lipinski definition) is 4. The molecule has 1 N–H and O–H groups in total. The Labute approximate surface area is 167 Å². The number of nitrogens with zero attached hydrogens (tertiary/aromatic N) is 2. The molecule has 1 fully saturated rings. The highest BCUT2D eigenvalue weighted by Crippen LogP contribution is 2.22. The number of aromatic nitrogens is 1. The van der Waals surface area contributed by atoms with Gasteiger partial charge in [0.2, 0.25) is 0 Å². The van der Waals surface area contributed by atoms with E-state index in [2.05, 4.69) is 10.3 Å². The smallest absolute Gasteiger partial charge is 0.253 e. The van der Waals surface area contributed by atoms with Gasteiger partial charge in [0.25, 0.3) is 5.91 Å². The number of likely N-dealkylation sites (tertiary alicyclic amines) is 1. The van der Waals surface area contributed by atoms with Crippen molar-refractivity contribution in [3.8, 4) is 11.5 Å². The highest BCUT2D eigenvalue weighted by Gasteiger charge is 2.23. The van der Waals surface area contributed by atoms with Crippen LogP contribution in [-0.4, -0.2) is 42.5 Å². The molecule has 1 aliphatic rings. The molecule has 0 bridgehead atoms. The van der Waals surface area contributed by atoms with Crippen LogP contribution in [0.1, 0.15) is 23.2 Å². The number of pyridine rings is 1. The molecular weight excluding hydrogens is 373 g/mol. The van der Waals surface area contributed by atoms with Crippen molar-refractivity contribution in [2.24, 2.45) is 5.92 Å². The first-order chi connectivity index (χ1) is 11.8. The highest BCUT2D eigenvalue weighted by atomic mass is 35.5. The van der Waals surface area contributed by atoms with Gasteiger partial charge in [-0.05, 0) is 68.8 Å². The zero-order valence-corrected chi connectivity index (χ0v) is 16.4. The Balaban J connectivity index is 0.00000169. The third-order valence-corrected chi connectivity index (χ3v) is 4.37. The van der Waals surface area contributed by atoms with E-state index in [0.29, 0.717) is 23.0 Å². The van der Waals surface area contributed by atoms with Crippen molar-refractivity contribution in [3.05, 3.63) is 54.4 Å². The second-order valence-corrected chi connectivity index (χ2v) is 6.11. The SMILES string of the molecule is CNCC1CCN(C(=O)c2ccc(Oc3cccnc3)cc2)CC1.Cl.Cl. The minimum atomic E-state index is 0. The van der Waals surface area contributed by atoms with Crippen LogP contribution in [-0.2, 0) is 0 Å². The van der Waals surface area contributed by atoms with Crippen LogP contribution in [0.3, 0.4) is 0 Å². The maximum Gasteiger partial charge on any atom is 0.253 e. The lowest BCUT2D eigenvalue weighted by Gasteiger charge is -2.32. The summed E-state index contributed by atoms with van der Waals surface area (Å²) in [6.45, 7) is 2.70. The third kappa shape index (κ3) is 5.87. The van der Waals surface area contributed by atoms with Crippen molar-refractivity contribution in [2.75, 3.05) is 26.7 Å². The second-order valence-electron chi connectivity index (χ2n) is 6.11. The van der Waals surface area contributed by atoms with Gasteiger partial charge < -0.3 is 15.0 Å². The molecule has 1 aliphatic heterocycles. The number of rotatable bonds is 5. The van der Waals surface area contributed by atoms with Gasteiger partial charge in [0.05, 0.1) is 6.20 Å². The molecule has 0 radical (unpaired) electrons. The molecule has 7 heteroatoms. The Morgan fingerprint density at radius 1 is 1.15 bits per heavy atom. The van der Waals surface area contributed by atoms with Crippen molar-refractivity contribution < 1.29 is 9.53 Å². The van der Waals surface area contributed by atoms with Gasteiger partial charge in [-0.2, -0.15) is 0 Å². The van der Waals surface area contributed by atoms with Crippen LogP contribution in [0.25, 0.3) is 0 Å². The van der Waals surface area contributed by atoms with Crippen LogP contribution in [0.2, 0.25) is 0 Å². The summed E-state index contributed by atoms with van der Waals surface area (Å²) in [7, 11) is 1.98. The summed E-state index contributed by atoms with van der Waals surface area (Å²) in [5.74, 6) is 2.16. The van der Waals surface area contributed by atoms with Gasteiger partial charge in [-0.3, -0.25) is 9.78 Å². The number of halogens is 2. The van der Waals surface area contributed by atoms with Crippen molar-refractivity contribution in [1.29, 1.82) is 0 Å². The number of piperidine rings is 1. The maximum atomic E-state index is 12.6. The summed E-state index contributed by atoms with van der Waals surface area (Å²) in [5, 5.41) is 3.22. The number of carbonyl (C=O) groups excluding carboxylic acids is 1. The zero-order chi connectivity index (χ0) is 16.8. The van der Waals surface area contributed by atoms with E-state index >= 15 is 0 Å². The molecule has 1 amide bonds. The molecule has 0 saturated carbocycles. The van der Waals surface area contributed by atoms with Crippen LogP contribution >= 0.6 is 24.8 Å². The zero-order valence-electron chi connectivity index (χ0n) is 14.8. The van der Waals surface area contributed by atoms with Gasteiger partial charge in [0, 0.05) is 24.8 Å². The number of hydrogen-bond donors (Lipinski definition) is 1. The lowest BCUT2D eigenvalue weighted by Crippen LogP contribution is -2.40. The first-order valence-corrected chi connectivity index (χ1v) is 8.38. The fourth-order valence-electron chi connectivity index (χ4n) is 3.02. The Kier molecular flexibility index (Phi) is 9.41. The molecule has 1 saturated heterocycles. The van der Waals surface area contributed by atoms with E-state index in [9.17, 15) is 4.79 Å². The Morgan fingerprint density at radius 3 is 2.42 bits per heavy atom. The van der Waals surface area contributed by atoms with Crippen LogP contribution in [0.5, 0.6) is 11.5 Å². The number of amides is 1. The molecule has 0 unspecified atom stereocenters. The van der Waals surface area contributed by atoms with Crippen LogP contribution in [0.4, 0.5) is 0 Å². The third-order valence-electron chi connectivity index (χ3n) is 4.37. The normalized spacial score (nSPS) is 14.1. The first kappa shape index (κ1) is 22.2. The summed E-state index contributed by atoms with van der Waals surface area (Å²) in [5.41, 5.74) is 0.709. The molecule has 0 aliphatic carbocycles. The predicted molar refractivity (Wildman–Crippen MR) is 108 cm³/mol. The van der Waals surface area contributed by atoms with Crippen molar-refractivity contribution in [1.82, 2.24) is 15.2 Å². The largest absolute Gasteiger partial charge is 0.456 e. The summed E-state index contributed by atoms with van der Waals surface area (Å²) < 4.78 is 5.71. The molecule has 2 heterocycles. The second kappa shape index (κ2) is 11.0. The monoisotopic (exact) mass is 397 g/mol. The molecule has 1 aromatic carbocycles. The fraction of sp³-hybridized carbons (Fsp3) is 0.368. The van der Waals surface area contributed by atoms with E-state index in [-0.39, 0.29) is 30.7 Å². The number of nitrogens with one attached hydrogen (secondary N) is 1. The average molecular weight is 398 g/mol. The fourth-order valence-corrected chi connectivity index (χ4v) is 3.02. The lowest BCUT2D eigenvalue weighted by atomic mass is 9.96. The van der Waals surface area contributed by atoms with E-state index < -0.39 is 0 Å². The van der Waals surface area contributed by atoms with Crippen LogP contribution < -0.4 is 10.1 Å². The highest BCUT2D eigenvalue weighted by molar-refractivity contribution is 5.94. The van der Waals surface area contributed by atoms with Gasteiger partial charge >= 0.3 is 0 Å². The van der Waals surface area contributed by atoms with Gasteiger partial charge in [0.15, 0.2) is 0 Å². The molecule has 142 valence electrons. The summed E-state index contributed by atoms with van der Waals surface area (Å²) in [6, 6.07) is 11.0. The predicted octanol–water partition coefficient (Wildman–Crippen LogP) is 3.79. The van der Waals surface area contributed by atoms with Gasteiger partial charge in [-0.25, -0.2) is 0 Å². The number of ether oxygens (including phenoxy) is 1. The van der Waals surface area contributed by atoms with Crippen LogP contribution in [0, 0.1) is 5.92 Å². The molecule has 0 spiro atoms. The Bertz CT molecular complexity index is 660. The molecule has 0 atom stereocenters. The van der Waals surface area contributed by atoms with Crippen molar-refractivity contribution in [2.45, 2.75) is 12.8 Å². The quantitative estimate of drug-likeness (QED) is 0.833. The molecular formula is C19H25Cl2N3O2. The topological polar surface area (TPSA) is 54.5 Å². The summed E-state index contributed by atoms with van der Waals surface area (Å²) in [4.78, 5) is 18.6. The minimum Gasteiger partial charge on any atom is -0.456 e. The standard InChI is InChI=1S/C19H23N3O2.2ClH/c1-20-13-15-8-11-22(12-9-15)19(23)16-4-6-17(7-5-16)24-18-3-2-10-21-14-18;;/h2-7,10,14-15,20H,8-9,11-13H2,1H3;2*1H.